The Labute approximate surface area is 184 Å². The molecule has 5 heteroatoms. The van der Waals surface area contributed by atoms with Gasteiger partial charge in [-0.15, -0.1) is 0 Å². The maximum Gasteiger partial charge on any atom is 0.415 e. The zero-order valence-corrected chi connectivity index (χ0v) is 18.3. The summed E-state index contributed by atoms with van der Waals surface area (Å²) in [7, 11) is 0. The number of ether oxygens (including phenoxy) is 1. The molecular formula is C26H29N3O2. The van der Waals surface area contributed by atoms with Crippen LogP contribution < -0.4 is 4.74 Å². The van der Waals surface area contributed by atoms with Gasteiger partial charge >= 0.3 is 6.09 Å². The number of aromatic nitrogens is 2. The van der Waals surface area contributed by atoms with Crippen molar-refractivity contribution < 1.29 is 9.53 Å². The number of rotatable bonds is 5. The topological polar surface area (TPSA) is 55.3 Å². The highest BCUT2D eigenvalue weighted by Crippen LogP contribution is 2.23. The quantitative estimate of drug-likeness (QED) is 0.579. The van der Waals surface area contributed by atoms with Gasteiger partial charge in [0.15, 0.2) is 0 Å². The molecule has 3 heterocycles. The summed E-state index contributed by atoms with van der Waals surface area (Å²) in [6, 6.07) is 16.0. The van der Waals surface area contributed by atoms with E-state index in [1.54, 1.807) is 0 Å². The number of pyridine rings is 2. The maximum absolute atomic E-state index is 12.6. The fourth-order valence-corrected chi connectivity index (χ4v) is 3.98. The summed E-state index contributed by atoms with van der Waals surface area (Å²) in [5, 5.41) is 0. The summed E-state index contributed by atoms with van der Waals surface area (Å²) < 4.78 is 5.60. The Morgan fingerprint density at radius 2 is 1.74 bits per heavy atom. The van der Waals surface area contributed by atoms with Gasteiger partial charge in [-0.2, -0.15) is 0 Å². The molecule has 2 aromatic heterocycles. The van der Waals surface area contributed by atoms with Gasteiger partial charge in [0.1, 0.15) is 5.75 Å². The molecule has 0 aliphatic carbocycles. The van der Waals surface area contributed by atoms with E-state index in [0.717, 1.165) is 61.3 Å². The molecule has 0 atom stereocenters. The van der Waals surface area contributed by atoms with E-state index in [9.17, 15) is 4.79 Å². The average Bonchev–Trinajstić information content (AvgIpc) is 2.77. The number of amides is 1. The van der Waals surface area contributed by atoms with Crippen molar-refractivity contribution in [2.75, 3.05) is 13.1 Å². The summed E-state index contributed by atoms with van der Waals surface area (Å²) in [5.74, 6) is 1.14. The fraction of sp³-hybridized carbons (Fsp3) is 0.346. The van der Waals surface area contributed by atoms with Crippen LogP contribution in [0.3, 0.4) is 0 Å². The third-order valence-corrected chi connectivity index (χ3v) is 5.83. The van der Waals surface area contributed by atoms with E-state index >= 15 is 0 Å². The number of hydrogen-bond donors (Lipinski definition) is 0. The molecule has 160 valence electrons. The van der Waals surface area contributed by atoms with Crippen LogP contribution in [0, 0.1) is 19.8 Å². The van der Waals surface area contributed by atoms with Crippen LogP contribution in [0.1, 0.15) is 40.9 Å². The van der Waals surface area contributed by atoms with Crippen molar-refractivity contribution in [2.24, 2.45) is 5.92 Å². The van der Waals surface area contributed by atoms with E-state index in [0.29, 0.717) is 11.7 Å². The number of aryl methyl sites for hydroxylation is 2. The molecular weight excluding hydrogens is 386 g/mol. The molecule has 0 saturated carbocycles. The van der Waals surface area contributed by atoms with Crippen LogP contribution in [0.15, 0.2) is 60.9 Å². The van der Waals surface area contributed by atoms with E-state index < -0.39 is 0 Å². The maximum atomic E-state index is 12.6. The second-order valence-electron chi connectivity index (χ2n) is 8.47. The first-order valence-electron chi connectivity index (χ1n) is 10.9. The molecule has 31 heavy (non-hydrogen) atoms. The van der Waals surface area contributed by atoms with Crippen LogP contribution in [0.5, 0.6) is 5.75 Å². The first kappa shape index (κ1) is 21.0. The monoisotopic (exact) mass is 415 g/mol. The summed E-state index contributed by atoms with van der Waals surface area (Å²) in [6.07, 6.45) is 7.19. The highest BCUT2D eigenvalue weighted by molar-refractivity contribution is 5.70. The smallest absolute Gasteiger partial charge is 0.410 e. The molecule has 1 amide bonds. The lowest BCUT2D eigenvalue weighted by atomic mass is 9.92. The Hall–Kier alpha value is -3.21. The highest BCUT2D eigenvalue weighted by Gasteiger charge is 2.24. The fourth-order valence-electron chi connectivity index (χ4n) is 3.98. The van der Waals surface area contributed by atoms with Crippen molar-refractivity contribution in [3.05, 3.63) is 89.0 Å². The third-order valence-electron chi connectivity index (χ3n) is 5.83. The molecule has 1 fully saturated rings. The number of likely N-dealkylation sites (tertiary alicyclic amines) is 1. The summed E-state index contributed by atoms with van der Waals surface area (Å²) in [4.78, 5) is 23.3. The minimum atomic E-state index is -0.264. The molecule has 0 radical (unpaired) electrons. The van der Waals surface area contributed by atoms with E-state index in [4.69, 9.17) is 4.74 Å². The predicted octanol–water partition coefficient (Wildman–Crippen LogP) is 5.14. The molecule has 1 aliphatic heterocycles. The molecule has 1 aliphatic rings. The van der Waals surface area contributed by atoms with Crippen molar-refractivity contribution in [2.45, 2.75) is 39.5 Å². The lowest BCUT2D eigenvalue weighted by Crippen LogP contribution is -2.40. The minimum Gasteiger partial charge on any atom is -0.410 e. The molecule has 1 aromatic carbocycles. The zero-order valence-electron chi connectivity index (χ0n) is 18.3. The first-order valence-corrected chi connectivity index (χ1v) is 10.9. The Balaban J connectivity index is 1.25. The van der Waals surface area contributed by atoms with Crippen LogP contribution in [0.2, 0.25) is 0 Å². The predicted molar refractivity (Wildman–Crippen MR) is 121 cm³/mol. The second kappa shape index (κ2) is 9.73. The number of benzene rings is 1. The minimum absolute atomic E-state index is 0.264. The van der Waals surface area contributed by atoms with Gasteiger partial charge in [0.05, 0.1) is 0 Å². The largest absolute Gasteiger partial charge is 0.415 e. The highest BCUT2D eigenvalue weighted by atomic mass is 16.6. The summed E-state index contributed by atoms with van der Waals surface area (Å²) in [6.45, 7) is 5.58. The van der Waals surface area contributed by atoms with Crippen molar-refractivity contribution in [1.29, 1.82) is 0 Å². The first-order chi connectivity index (χ1) is 15.0. The van der Waals surface area contributed by atoms with E-state index in [2.05, 4.69) is 29.0 Å². The van der Waals surface area contributed by atoms with Crippen LogP contribution in [-0.2, 0) is 12.8 Å². The van der Waals surface area contributed by atoms with Crippen molar-refractivity contribution in [3.63, 3.8) is 0 Å². The Bertz CT molecular complexity index is 1010. The van der Waals surface area contributed by atoms with Crippen molar-refractivity contribution in [1.82, 2.24) is 14.9 Å². The summed E-state index contributed by atoms with van der Waals surface area (Å²) >= 11 is 0. The van der Waals surface area contributed by atoms with Gasteiger partial charge < -0.3 is 9.64 Å². The Kier molecular flexibility index (Phi) is 6.60. The summed E-state index contributed by atoms with van der Waals surface area (Å²) in [5.41, 5.74) is 5.71. The standard InChI is InChI=1S/C26H29N3O2/c1-19-9-12-27-24(15-19)17-22-10-13-29(14-11-22)26(30)31-25-7-4-21(5-8-25)16-23-6-3-20(2)18-28-23/h3-9,12,15,18,22H,10-11,13-14,16-17H2,1-2H3. The van der Waals surface area contributed by atoms with Crippen molar-refractivity contribution in [3.8, 4) is 5.75 Å². The molecule has 0 unspecified atom stereocenters. The van der Waals surface area contributed by atoms with Crippen molar-refractivity contribution >= 4 is 6.09 Å². The Morgan fingerprint density at radius 3 is 2.42 bits per heavy atom. The molecule has 0 spiro atoms. The van der Waals surface area contributed by atoms with Crippen LogP contribution >= 0.6 is 0 Å². The molecule has 0 bridgehead atoms. The number of nitrogens with zero attached hydrogens (tertiary/aromatic N) is 3. The van der Waals surface area contributed by atoms with E-state index in [-0.39, 0.29) is 6.09 Å². The van der Waals surface area contributed by atoms with E-state index in [1.807, 2.05) is 60.6 Å². The zero-order chi connectivity index (χ0) is 21.6. The van der Waals surface area contributed by atoms with Gasteiger partial charge in [-0.05, 0) is 86.1 Å². The second-order valence-corrected chi connectivity index (χ2v) is 8.47. The molecule has 5 nitrogen and oxygen atoms in total. The van der Waals surface area contributed by atoms with Gasteiger partial charge in [0, 0.05) is 43.3 Å². The number of carbonyl (C=O) groups excluding carboxylic acids is 1. The molecule has 3 aromatic rings. The lowest BCUT2D eigenvalue weighted by molar-refractivity contribution is 0.130. The van der Waals surface area contributed by atoms with Crippen LogP contribution in [0.25, 0.3) is 0 Å². The Morgan fingerprint density at radius 1 is 0.968 bits per heavy atom. The number of carbonyl (C=O) groups is 1. The molecule has 0 N–H and O–H groups in total. The van der Waals surface area contributed by atoms with Gasteiger partial charge in [-0.25, -0.2) is 4.79 Å². The number of hydrogen-bond acceptors (Lipinski definition) is 4. The molecule has 1 saturated heterocycles. The van der Waals surface area contributed by atoms with Crippen LogP contribution in [-0.4, -0.2) is 34.1 Å². The normalized spacial score (nSPS) is 14.5. The van der Waals surface area contributed by atoms with Gasteiger partial charge in [-0.1, -0.05) is 18.2 Å². The van der Waals surface area contributed by atoms with Crippen LogP contribution in [0.4, 0.5) is 4.79 Å². The van der Waals surface area contributed by atoms with Gasteiger partial charge in [0.2, 0.25) is 0 Å². The van der Waals surface area contributed by atoms with Gasteiger partial charge in [-0.3, -0.25) is 9.97 Å². The number of piperidine rings is 1. The lowest BCUT2D eigenvalue weighted by Gasteiger charge is -2.31. The average molecular weight is 416 g/mol. The molecule has 4 rings (SSSR count). The van der Waals surface area contributed by atoms with Gasteiger partial charge in [0.25, 0.3) is 0 Å². The van der Waals surface area contributed by atoms with E-state index in [1.165, 1.54) is 5.56 Å². The third kappa shape index (κ3) is 5.91. The SMILES string of the molecule is Cc1ccc(Cc2ccc(OC(=O)N3CCC(Cc4cc(C)ccn4)CC3)cc2)nc1.